The molecule has 1 atom stereocenters. The topological polar surface area (TPSA) is 86.1 Å². The summed E-state index contributed by atoms with van der Waals surface area (Å²) in [5, 5.41) is 5.46. The lowest BCUT2D eigenvalue weighted by Crippen LogP contribution is -2.17. The van der Waals surface area contributed by atoms with Crippen molar-refractivity contribution in [3.63, 3.8) is 0 Å². The van der Waals surface area contributed by atoms with Crippen LogP contribution < -0.4 is 9.46 Å². The number of methoxy groups -OCH3 is 1. The molecule has 3 heterocycles. The number of rotatable bonds is 3. The first-order valence-corrected chi connectivity index (χ1v) is 8.23. The SMILES string of the molecule is COc1cc(-c2ccc3cnn(C4=CC(=O)NS4=O)c3c2)ccn1. The Kier molecular flexibility index (Phi) is 3.39. The van der Waals surface area contributed by atoms with Crippen LogP contribution in [0.2, 0.25) is 0 Å². The first-order chi connectivity index (χ1) is 11.7. The van der Waals surface area contributed by atoms with Gasteiger partial charge in [-0.25, -0.2) is 13.9 Å². The predicted octanol–water partition coefficient (Wildman–Crippen LogP) is 1.70. The summed E-state index contributed by atoms with van der Waals surface area (Å²) < 4.78 is 21.0. The quantitative estimate of drug-likeness (QED) is 0.784. The Balaban J connectivity index is 1.86. The highest BCUT2D eigenvalue weighted by Crippen LogP contribution is 2.28. The summed E-state index contributed by atoms with van der Waals surface area (Å²) >= 11 is 0. The summed E-state index contributed by atoms with van der Waals surface area (Å²) in [5.41, 5.74) is 2.64. The third-order valence-corrected chi connectivity index (χ3v) is 4.75. The molecule has 0 saturated carbocycles. The number of hydrogen-bond acceptors (Lipinski definition) is 5. The summed E-state index contributed by atoms with van der Waals surface area (Å²) in [6.07, 6.45) is 4.64. The van der Waals surface area contributed by atoms with E-state index in [-0.39, 0.29) is 5.91 Å². The van der Waals surface area contributed by atoms with Gasteiger partial charge < -0.3 is 4.74 Å². The molecule has 1 aliphatic heterocycles. The smallest absolute Gasteiger partial charge is 0.258 e. The molecule has 1 amide bonds. The Morgan fingerprint density at radius 1 is 1.21 bits per heavy atom. The highest BCUT2D eigenvalue weighted by atomic mass is 32.2. The molecule has 1 aliphatic rings. The van der Waals surface area contributed by atoms with E-state index in [1.54, 1.807) is 19.5 Å². The Hall–Kier alpha value is -3.00. The van der Waals surface area contributed by atoms with Crippen LogP contribution in [0.1, 0.15) is 0 Å². The summed E-state index contributed by atoms with van der Waals surface area (Å²) in [6, 6.07) is 9.53. The van der Waals surface area contributed by atoms with Gasteiger partial charge in [0.25, 0.3) is 5.91 Å². The van der Waals surface area contributed by atoms with Gasteiger partial charge in [0.2, 0.25) is 5.88 Å². The van der Waals surface area contributed by atoms with E-state index in [4.69, 9.17) is 4.74 Å². The molecule has 1 N–H and O–H groups in total. The average molecular weight is 340 g/mol. The Bertz CT molecular complexity index is 1030. The molecule has 0 radical (unpaired) electrons. The van der Waals surface area contributed by atoms with E-state index < -0.39 is 11.0 Å². The monoisotopic (exact) mass is 340 g/mol. The summed E-state index contributed by atoms with van der Waals surface area (Å²) in [4.78, 5) is 15.5. The lowest BCUT2D eigenvalue weighted by Gasteiger charge is -2.06. The van der Waals surface area contributed by atoms with Crippen LogP contribution in [0.3, 0.4) is 0 Å². The minimum absolute atomic E-state index is 0.319. The fourth-order valence-corrected chi connectivity index (χ4v) is 3.42. The Morgan fingerprint density at radius 2 is 2.04 bits per heavy atom. The van der Waals surface area contributed by atoms with E-state index in [9.17, 15) is 9.00 Å². The highest BCUT2D eigenvalue weighted by molar-refractivity contribution is 7.93. The van der Waals surface area contributed by atoms with E-state index in [0.717, 1.165) is 22.0 Å². The maximum Gasteiger partial charge on any atom is 0.258 e. The fraction of sp³-hybridized carbons (Fsp3) is 0.0625. The maximum atomic E-state index is 12.0. The zero-order valence-electron chi connectivity index (χ0n) is 12.6. The predicted molar refractivity (Wildman–Crippen MR) is 90.1 cm³/mol. The second-order valence-corrected chi connectivity index (χ2v) is 6.29. The number of nitrogens with zero attached hydrogens (tertiary/aromatic N) is 3. The molecule has 2 aromatic heterocycles. The number of hydrogen-bond donors (Lipinski definition) is 1. The number of pyridine rings is 1. The molecular weight excluding hydrogens is 328 g/mol. The van der Waals surface area contributed by atoms with Crippen molar-refractivity contribution < 1.29 is 13.7 Å². The minimum Gasteiger partial charge on any atom is -0.481 e. The second kappa shape index (κ2) is 5.57. The molecule has 3 aromatic rings. The number of aromatic nitrogens is 3. The first kappa shape index (κ1) is 14.6. The van der Waals surface area contributed by atoms with Gasteiger partial charge in [0, 0.05) is 23.7 Å². The molecule has 7 nitrogen and oxygen atoms in total. The number of carbonyl (C=O) groups is 1. The van der Waals surface area contributed by atoms with E-state index in [1.807, 2.05) is 30.3 Å². The number of nitrogens with one attached hydrogen (secondary N) is 1. The number of benzene rings is 1. The third kappa shape index (κ3) is 2.37. The molecule has 8 heteroatoms. The van der Waals surface area contributed by atoms with Gasteiger partial charge in [-0.15, -0.1) is 0 Å². The van der Waals surface area contributed by atoms with Gasteiger partial charge in [-0.3, -0.25) is 9.52 Å². The van der Waals surface area contributed by atoms with Crippen LogP contribution in [0.4, 0.5) is 0 Å². The molecule has 0 bridgehead atoms. The number of amides is 1. The van der Waals surface area contributed by atoms with Crippen LogP contribution in [0.5, 0.6) is 5.88 Å². The lowest BCUT2D eigenvalue weighted by molar-refractivity contribution is -0.114. The lowest BCUT2D eigenvalue weighted by atomic mass is 10.1. The number of fused-ring (bicyclic) bond motifs is 1. The molecule has 0 spiro atoms. The van der Waals surface area contributed by atoms with Crippen molar-refractivity contribution in [2.24, 2.45) is 0 Å². The van der Waals surface area contributed by atoms with Crippen molar-refractivity contribution in [1.82, 2.24) is 19.5 Å². The molecule has 24 heavy (non-hydrogen) atoms. The zero-order chi connectivity index (χ0) is 16.7. The van der Waals surface area contributed by atoms with Crippen molar-refractivity contribution in [1.29, 1.82) is 0 Å². The minimum atomic E-state index is -1.60. The van der Waals surface area contributed by atoms with Crippen LogP contribution in [-0.4, -0.2) is 32.0 Å². The van der Waals surface area contributed by atoms with Crippen molar-refractivity contribution in [3.05, 3.63) is 48.8 Å². The van der Waals surface area contributed by atoms with Gasteiger partial charge in [0.1, 0.15) is 0 Å². The Labute approximate surface area is 139 Å². The van der Waals surface area contributed by atoms with E-state index >= 15 is 0 Å². The molecule has 0 saturated heterocycles. The normalized spacial score (nSPS) is 17.0. The van der Waals surface area contributed by atoms with Crippen LogP contribution in [0, 0.1) is 0 Å². The molecule has 120 valence electrons. The summed E-state index contributed by atoms with van der Waals surface area (Å²) in [6.45, 7) is 0. The van der Waals surface area contributed by atoms with Gasteiger partial charge in [-0.05, 0) is 23.3 Å². The van der Waals surface area contributed by atoms with Crippen molar-refractivity contribution in [3.8, 4) is 17.0 Å². The van der Waals surface area contributed by atoms with Gasteiger partial charge in [-0.1, -0.05) is 12.1 Å². The van der Waals surface area contributed by atoms with Gasteiger partial charge >= 0.3 is 0 Å². The van der Waals surface area contributed by atoms with Crippen molar-refractivity contribution in [2.45, 2.75) is 0 Å². The van der Waals surface area contributed by atoms with Crippen LogP contribution in [0.15, 0.2) is 48.8 Å². The van der Waals surface area contributed by atoms with Crippen molar-refractivity contribution in [2.75, 3.05) is 7.11 Å². The van der Waals surface area contributed by atoms with Gasteiger partial charge in [-0.2, -0.15) is 5.10 Å². The molecule has 1 unspecified atom stereocenters. The number of carbonyl (C=O) groups excluding carboxylic acids is 1. The van der Waals surface area contributed by atoms with Crippen LogP contribution in [-0.2, 0) is 15.8 Å². The maximum absolute atomic E-state index is 12.0. The zero-order valence-corrected chi connectivity index (χ0v) is 13.4. The van der Waals surface area contributed by atoms with Crippen LogP contribution in [0.25, 0.3) is 27.1 Å². The van der Waals surface area contributed by atoms with Gasteiger partial charge in [0.05, 0.1) is 18.8 Å². The standard InChI is InChI=1S/C16H12N4O3S/c1-23-15-7-11(4-5-17-15)10-2-3-12-9-18-20(13(12)6-10)16-8-14(21)19-24(16)22/h2-9H,1H3,(H,19,21). The van der Waals surface area contributed by atoms with Crippen LogP contribution >= 0.6 is 0 Å². The summed E-state index contributed by atoms with van der Waals surface area (Å²) in [5.74, 6) is 0.137. The van der Waals surface area contributed by atoms with Gasteiger partial charge in [0.15, 0.2) is 16.0 Å². The Morgan fingerprint density at radius 3 is 2.79 bits per heavy atom. The summed E-state index contributed by atoms with van der Waals surface area (Å²) in [7, 11) is -0.0345. The highest BCUT2D eigenvalue weighted by Gasteiger charge is 2.23. The van der Waals surface area contributed by atoms with Crippen molar-refractivity contribution >= 4 is 32.8 Å². The largest absolute Gasteiger partial charge is 0.481 e. The molecular formula is C16H12N4O3S. The fourth-order valence-electron chi connectivity index (χ4n) is 2.55. The van der Waals surface area contributed by atoms with E-state index in [0.29, 0.717) is 10.9 Å². The average Bonchev–Trinajstić information content (AvgIpc) is 3.16. The molecule has 4 rings (SSSR count). The molecule has 1 aromatic carbocycles. The second-order valence-electron chi connectivity index (χ2n) is 5.13. The number of ether oxygens (including phenoxy) is 1. The first-order valence-electron chi connectivity index (χ1n) is 7.08. The molecule has 0 fully saturated rings. The van der Waals surface area contributed by atoms with E-state index in [2.05, 4.69) is 14.8 Å². The third-order valence-electron chi connectivity index (χ3n) is 3.69. The molecule has 0 aliphatic carbocycles. The van der Waals surface area contributed by atoms with E-state index in [1.165, 1.54) is 10.8 Å².